The van der Waals surface area contributed by atoms with Gasteiger partial charge in [-0.2, -0.15) is 0 Å². The molecule has 3 heteroatoms. The fraction of sp³-hybridized carbons (Fsp3) is 0.167. The quantitative estimate of drug-likeness (QED) is 0.742. The van der Waals surface area contributed by atoms with Crippen molar-refractivity contribution in [1.29, 1.82) is 0 Å². The minimum Gasteiger partial charge on any atom is -0.249 e. The highest BCUT2D eigenvalue weighted by molar-refractivity contribution is 5.88. The van der Waals surface area contributed by atoms with Gasteiger partial charge < -0.3 is 0 Å². The Morgan fingerprint density at radius 1 is 0.952 bits per heavy atom. The Bertz CT molecular complexity index is 600. The summed E-state index contributed by atoms with van der Waals surface area (Å²) in [6.07, 6.45) is 4.55. The number of hydrogen-bond donors (Lipinski definition) is 0. The lowest BCUT2D eigenvalue weighted by Gasteiger charge is -2.04. The van der Waals surface area contributed by atoms with Crippen LogP contribution in [0.5, 0.6) is 0 Å². The standard InChI is InChI=1S/C18H17FO2/c1-2-3-14-4-6-15(7-5-14)8-9-16-10-12-17(13-11-16)18(20)21-19/h2,4-7,10-13H,1,3,8-9H2. The molecule has 0 aliphatic heterocycles. The van der Waals surface area contributed by atoms with Crippen molar-refractivity contribution in [3.05, 3.63) is 83.4 Å². The zero-order valence-electron chi connectivity index (χ0n) is 11.7. The number of carbonyl (C=O) groups excluding carboxylic acids is 1. The summed E-state index contributed by atoms with van der Waals surface area (Å²) in [5.41, 5.74) is 3.83. The third-order valence-electron chi connectivity index (χ3n) is 3.37. The van der Waals surface area contributed by atoms with Crippen molar-refractivity contribution in [2.45, 2.75) is 19.3 Å². The Labute approximate surface area is 123 Å². The molecule has 0 amide bonds. The molecule has 0 unspecified atom stereocenters. The maximum atomic E-state index is 11.8. The molecule has 0 bridgehead atoms. The van der Waals surface area contributed by atoms with Gasteiger partial charge in [0.25, 0.3) is 0 Å². The summed E-state index contributed by atoms with van der Waals surface area (Å²) in [4.78, 5) is 14.2. The molecule has 0 fully saturated rings. The molecule has 0 heterocycles. The monoisotopic (exact) mass is 284 g/mol. The minimum absolute atomic E-state index is 0.218. The van der Waals surface area contributed by atoms with Gasteiger partial charge in [0.2, 0.25) is 0 Å². The lowest BCUT2D eigenvalue weighted by molar-refractivity contribution is -0.0788. The fourth-order valence-corrected chi connectivity index (χ4v) is 2.15. The van der Waals surface area contributed by atoms with Gasteiger partial charge in [0.05, 0.1) is 5.56 Å². The lowest BCUT2D eigenvalue weighted by atomic mass is 10.0. The minimum atomic E-state index is -0.959. The van der Waals surface area contributed by atoms with E-state index in [9.17, 15) is 9.32 Å². The van der Waals surface area contributed by atoms with Gasteiger partial charge in [0.15, 0.2) is 0 Å². The van der Waals surface area contributed by atoms with E-state index in [0.717, 1.165) is 24.8 Å². The van der Waals surface area contributed by atoms with Crippen molar-refractivity contribution in [2.24, 2.45) is 0 Å². The van der Waals surface area contributed by atoms with Crippen molar-refractivity contribution >= 4 is 5.97 Å². The average Bonchev–Trinajstić information content (AvgIpc) is 2.54. The molecule has 21 heavy (non-hydrogen) atoms. The molecule has 2 aromatic rings. The first-order chi connectivity index (χ1) is 10.2. The highest BCUT2D eigenvalue weighted by Gasteiger charge is 2.06. The van der Waals surface area contributed by atoms with Crippen molar-refractivity contribution in [2.75, 3.05) is 0 Å². The number of hydrogen-bond acceptors (Lipinski definition) is 2. The highest BCUT2D eigenvalue weighted by atomic mass is 19.3. The van der Waals surface area contributed by atoms with E-state index in [1.165, 1.54) is 11.1 Å². The molecular formula is C18H17FO2. The summed E-state index contributed by atoms with van der Waals surface area (Å²) < 4.78 is 11.8. The molecule has 2 rings (SSSR count). The smallest absolute Gasteiger partial charge is 0.249 e. The summed E-state index contributed by atoms with van der Waals surface area (Å²) in [6, 6.07) is 15.2. The van der Waals surface area contributed by atoms with E-state index in [0.29, 0.717) is 0 Å². The molecule has 0 aromatic heterocycles. The first-order valence-electron chi connectivity index (χ1n) is 6.83. The zero-order valence-corrected chi connectivity index (χ0v) is 11.7. The van der Waals surface area contributed by atoms with Crippen LogP contribution < -0.4 is 0 Å². The number of benzene rings is 2. The van der Waals surface area contributed by atoms with E-state index in [-0.39, 0.29) is 5.56 Å². The lowest BCUT2D eigenvalue weighted by Crippen LogP contribution is -1.99. The van der Waals surface area contributed by atoms with Crippen molar-refractivity contribution in [3.8, 4) is 0 Å². The molecule has 0 aliphatic carbocycles. The summed E-state index contributed by atoms with van der Waals surface area (Å²) >= 11 is 0. The van der Waals surface area contributed by atoms with Crippen LogP contribution in [0.2, 0.25) is 0 Å². The van der Waals surface area contributed by atoms with Gasteiger partial charge in [-0.25, -0.2) is 9.74 Å². The van der Waals surface area contributed by atoms with E-state index >= 15 is 0 Å². The first-order valence-corrected chi connectivity index (χ1v) is 6.83. The maximum Gasteiger partial charge on any atom is 0.379 e. The van der Waals surface area contributed by atoms with Gasteiger partial charge in [-0.1, -0.05) is 42.5 Å². The fourth-order valence-electron chi connectivity index (χ4n) is 2.15. The topological polar surface area (TPSA) is 26.3 Å². The van der Waals surface area contributed by atoms with Gasteiger partial charge in [0.1, 0.15) is 0 Å². The number of aryl methyl sites for hydroxylation is 2. The molecule has 0 saturated heterocycles. The summed E-state index contributed by atoms with van der Waals surface area (Å²) in [5, 5.41) is 0. The van der Waals surface area contributed by atoms with Crippen LogP contribution >= 0.6 is 0 Å². The van der Waals surface area contributed by atoms with Crippen molar-refractivity contribution in [3.63, 3.8) is 0 Å². The van der Waals surface area contributed by atoms with E-state index in [1.807, 2.05) is 18.2 Å². The van der Waals surface area contributed by atoms with Gasteiger partial charge in [-0.05, 0) is 48.1 Å². The van der Waals surface area contributed by atoms with Gasteiger partial charge in [-0.15, -0.1) is 6.58 Å². The van der Waals surface area contributed by atoms with Crippen LogP contribution in [0.15, 0.2) is 61.2 Å². The third kappa shape index (κ3) is 4.28. The Kier molecular flexibility index (Phi) is 5.27. The SMILES string of the molecule is C=CCc1ccc(CCc2ccc(C(=O)OF)cc2)cc1. The molecule has 0 atom stereocenters. The highest BCUT2D eigenvalue weighted by Crippen LogP contribution is 2.11. The number of rotatable bonds is 6. The predicted octanol–water partition coefficient (Wildman–Crippen LogP) is 4.24. The Morgan fingerprint density at radius 2 is 1.43 bits per heavy atom. The Hall–Kier alpha value is -2.42. The zero-order chi connectivity index (χ0) is 15.1. The first kappa shape index (κ1) is 15.0. The largest absolute Gasteiger partial charge is 0.379 e. The summed E-state index contributed by atoms with van der Waals surface area (Å²) in [7, 11) is 0. The molecule has 0 N–H and O–H groups in total. The predicted molar refractivity (Wildman–Crippen MR) is 80.7 cm³/mol. The number of carbonyl (C=O) groups is 1. The maximum absolute atomic E-state index is 11.8. The Morgan fingerprint density at radius 3 is 1.90 bits per heavy atom. The van der Waals surface area contributed by atoms with E-state index in [1.54, 1.807) is 12.1 Å². The van der Waals surface area contributed by atoms with Crippen LogP contribution in [0, 0.1) is 0 Å². The summed E-state index contributed by atoms with van der Waals surface area (Å²) in [6.45, 7) is 3.72. The molecular weight excluding hydrogens is 267 g/mol. The molecule has 0 radical (unpaired) electrons. The second-order valence-corrected chi connectivity index (χ2v) is 4.87. The summed E-state index contributed by atoms with van der Waals surface area (Å²) in [5.74, 6) is -0.959. The van der Waals surface area contributed by atoms with Crippen LogP contribution in [-0.4, -0.2) is 5.97 Å². The average molecular weight is 284 g/mol. The molecule has 2 aromatic carbocycles. The number of allylic oxidation sites excluding steroid dienone is 1. The Balaban J connectivity index is 1.93. The van der Waals surface area contributed by atoms with Crippen LogP contribution in [-0.2, 0) is 24.2 Å². The second-order valence-electron chi connectivity index (χ2n) is 4.87. The van der Waals surface area contributed by atoms with Gasteiger partial charge in [-0.3, -0.25) is 0 Å². The third-order valence-corrected chi connectivity index (χ3v) is 3.37. The number of halogens is 1. The van der Waals surface area contributed by atoms with Gasteiger partial charge >= 0.3 is 5.97 Å². The van der Waals surface area contributed by atoms with Crippen molar-refractivity contribution < 1.29 is 14.3 Å². The van der Waals surface area contributed by atoms with Crippen LogP contribution in [0.25, 0.3) is 0 Å². The van der Waals surface area contributed by atoms with E-state index in [4.69, 9.17) is 0 Å². The van der Waals surface area contributed by atoms with E-state index < -0.39 is 5.97 Å². The molecule has 108 valence electrons. The van der Waals surface area contributed by atoms with Crippen LogP contribution in [0.1, 0.15) is 27.0 Å². The van der Waals surface area contributed by atoms with Crippen molar-refractivity contribution in [1.82, 2.24) is 0 Å². The second kappa shape index (κ2) is 7.39. The van der Waals surface area contributed by atoms with Crippen LogP contribution in [0.4, 0.5) is 4.53 Å². The molecule has 0 spiro atoms. The molecule has 0 saturated carbocycles. The van der Waals surface area contributed by atoms with Gasteiger partial charge in [0, 0.05) is 4.53 Å². The molecule has 2 nitrogen and oxygen atoms in total. The van der Waals surface area contributed by atoms with E-state index in [2.05, 4.69) is 35.8 Å². The normalized spacial score (nSPS) is 10.1. The van der Waals surface area contributed by atoms with Crippen LogP contribution in [0.3, 0.4) is 0 Å². The molecule has 0 aliphatic rings.